The van der Waals surface area contributed by atoms with E-state index in [1.807, 2.05) is 36.4 Å². The van der Waals surface area contributed by atoms with Gasteiger partial charge in [-0.1, -0.05) is 72.3 Å². The van der Waals surface area contributed by atoms with Crippen LogP contribution in [0.3, 0.4) is 0 Å². The van der Waals surface area contributed by atoms with Crippen molar-refractivity contribution in [3.8, 4) is 11.5 Å². The number of carbonyl (C=O) groups is 1. The average Bonchev–Trinajstić information content (AvgIpc) is 2.82. The number of hydrogen-bond acceptors (Lipinski definition) is 3. The summed E-state index contributed by atoms with van der Waals surface area (Å²) < 4.78 is 11.4. The number of methoxy groups -OCH3 is 1. The molecule has 1 amide bonds. The molecule has 156 valence electrons. The maximum absolute atomic E-state index is 12.7. The Hall–Kier alpha value is -3.79. The Bertz CT molecular complexity index is 1190. The summed E-state index contributed by atoms with van der Waals surface area (Å²) in [4.78, 5) is 12.7. The molecule has 31 heavy (non-hydrogen) atoms. The van der Waals surface area contributed by atoms with E-state index in [1.54, 1.807) is 25.3 Å². The first kappa shape index (κ1) is 20.5. The lowest BCUT2D eigenvalue weighted by Gasteiger charge is -2.13. The second-order valence-corrected chi connectivity index (χ2v) is 7.46. The number of ether oxygens (including phenoxy) is 2. The highest BCUT2D eigenvalue weighted by molar-refractivity contribution is 5.95. The van der Waals surface area contributed by atoms with Gasteiger partial charge in [0.15, 0.2) is 11.5 Å². The van der Waals surface area contributed by atoms with Crippen LogP contribution in [-0.4, -0.2) is 13.0 Å². The average molecular weight is 412 g/mol. The highest BCUT2D eigenvalue weighted by Gasteiger charge is 2.12. The molecule has 0 atom stereocenters. The molecule has 0 spiro atoms. The number of amides is 1. The molecule has 0 aliphatic carbocycles. The lowest BCUT2D eigenvalue weighted by molar-refractivity contribution is 0.0950. The van der Waals surface area contributed by atoms with Gasteiger partial charge in [0.1, 0.15) is 6.61 Å². The summed E-state index contributed by atoms with van der Waals surface area (Å²) in [6, 6.07) is 27.7. The highest BCUT2D eigenvalue weighted by Crippen LogP contribution is 2.29. The molecule has 0 saturated heterocycles. The van der Waals surface area contributed by atoms with Crippen molar-refractivity contribution in [2.45, 2.75) is 20.1 Å². The number of fused-ring (bicyclic) bond motifs is 1. The number of rotatable bonds is 7. The van der Waals surface area contributed by atoms with Crippen LogP contribution in [-0.2, 0) is 13.2 Å². The first-order valence-electron chi connectivity index (χ1n) is 10.3. The minimum atomic E-state index is -0.156. The molecular weight excluding hydrogens is 386 g/mol. The highest BCUT2D eigenvalue weighted by atomic mass is 16.5. The largest absolute Gasteiger partial charge is 0.493 e. The van der Waals surface area contributed by atoms with Gasteiger partial charge in [0.2, 0.25) is 0 Å². The Labute approximate surface area is 182 Å². The maximum atomic E-state index is 12.7. The Morgan fingerprint density at radius 2 is 1.65 bits per heavy atom. The molecule has 0 radical (unpaired) electrons. The zero-order chi connectivity index (χ0) is 21.6. The van der Waals surface area contributed by atoms with Crippen LogP contribution in [0.4, 0.5) is 0 Å². The van der Waals surface area contributed by atoms with E-state index >= 15 is 0 Å². The van der Waals surface area contributed by atoms with Gasteiger partial charge in [-0.15, -0.1) is 0 Å². The third-order valence-corrected chi connectivity index (χ3v) is 5.26. The Morgan fingerprint density at radius 3 is 2.45 bits per heavy atom. The zero-order valence-corrected chi connectivity index (χ0v) is 17.7. The SMILES string of the molecule is COc1cc(C(=O)NCc2cccc3ccccc23)ccc1OCc1ccc(C)cc1. The Morgan fingerprint density at radius 1 is 0.871 bits per heavy atom. The van der Waals surface area contributed by atoms with Crippen LogP contribution in [0.2, 0.25) is 0 Å². The van der Waals surface area contributed by atoms with Gasteiger partial charge >= 0.3 is 0 Å². The Kier molecular flexibility index (Phi) is 6.18. The molecular formula is C27H25NO3. The van der Waals surface area contributed by atoms with Crippen molar-refractivity contribution < 1.29 is 14.3 Å². The molecule has 4 aromatic carbocycles. The van der Waals surface area contributed by atoms with E-state index in [9.17, 15) is 4.79 Å². The first-order valence-corrected chi connectivity index (χ1v) is 10.3. The van der Waals surface area contributed by atoms with E-state index in [-0.39, 0.29) is 5.91 Å². The fourth-order valence-electron chi connectivity index (χ4n) is 3.50. The van der Waals surface area contributed by atoms with Crippen molar-refractivity contribution in [1.29, 1.82) is 0 Å². The van der Waals surface area contributed by atoms with Crippen LogP contribution in [0, 0.1) is 6.92 Å². The number of aryl methyl sites for hydroxylation is 1. The quantitative estimate of drug-likeness (QED) is 0.426. The van der Waals surface area contributed by atoms with E-state index < -0.39 is 0 Å². The minimum absolute atomic E-state index is 0.156. The van der Waals surface area contributed by atoms with Crippen molar-refractivity contribution >= 4 is 16.7 Å². The van der Waals surface area contributed by atoms with Gasteiger partial charge in [0.05, 0.1) is 7.11 Å². The summed E-state index contributed by atoms with van der Waals surface area (Å²) in [5.41, 5.74) is 3.89. The van der Waals surface area contributed by atoms with Gasteiger partial charge in [0, 0.05) is 12.1 Å². The molecule has 0 heterocycles. The fourth-order valence-corrected chi connectivity index (χ4v) is 3.50. The summed E-state index contributed by atoms with van der Waals surface area (Å²) in [5.74, 6) is 0.981. The zero-order valence-electron chi connectivity index (χ0n) is 17.7. The van der Waals surface area contributed by atoms with Crippen molar-refractivity contribution in [2.24, 2.45) is 0 Å². The number of benzene rings is 4. The molecule has 4 rings (SSSR count). The summed E-state index contributed by atoms with van der Waals surface area (Å²) >= 11 is 0. The normalized spacial score (nSPS) is 10.6. The molecule has 1 N–H and O–H groups in total. The van der Waals surface area contributed by atoms with Crippen molar-refractivity contribution in [2.75, 3.05) is 7.11 Å². The van der Waals surface area contributed by atoms with Crippen LogP contribution < -0.4 is 14.8 Å². The smallest absolute Gasteiger partial charge is 0.251 e. The predicted molar refractivity (Wildman–Crippen MR) is 124 cm³/mol. The van der Waals surface area contributed by atoms with Gasteiger partial charge < -0.3 is 14.8 Å². The van der Waals surface area contributed by atoms with E-state index in [0.717, 1.165) is 21.9 Å². The molecule has 0 saturated carbocycles. The molecule has 0 fully saturated rings. The third-order valence-electron chi connectivity index (χ3n) is 5.26. The van der Waals surface area contributed by atoms with Crippen LogP contribution >= 0.6 is 0 Å². The molecule has 4 nitrogen and oxygen atoms in total. The third kappa shape index (κ3) is 4.86. The Balaban J connectivity index is 1.44. The number of nitrogens with one attached hydrogen (secondary N) is 1. The van der Waals surface area contributed by atoms with Crippen molar-refractivity contribution in [3.63, 3.8) is 0 Å². The van der Waals surface area contributed by atoms with Crippen LogP contribution in [0.25, 0.3) is 10.8 Å². The minimum Gasteiger partial charge on any atom is -0.493 e. The monoisotopic (exact) mass is 411 g/mol. The fraction of sp³-hybridized carbons (Fsp3) is 0.148. The first-order chi connectivity index (χ1) is 15.1. The summed E-state index contributed by atoms with van der Waals surface area (Å²) in [6.07, 6.45) is 0. The van der Waals surface area contributed by atoms with Gasteiger partial charge in [0.25, 0.3) is 5.91 Å². The van der Waals surface area contributed by atoms with Gasteiger partial charge in [-0.05, 0) is 47.0 Å². The topological polar surface area (TPSA) is 47.6 Å². The maximum Gasteiger partial charge on any atom is 0.251 e. The summed E-state index contributed by atoms with van der Waals surface area (Å²) in [5, 5.41) is 5.31. The molecule has 0 aliphatic rings. The lowest BCUT2D eigenvalue weighted by Crippen LogP contribution is -2.23. The van der Waals surface area contributed by atoms with E-state index in [0.29, 0.717) is 30.2 Å². The van der Waals surface area contributed by atoms with Crippen molar-refractivity contribution in [3.05, 3.63) is 107 Å². The number of carbonyl (C=O) groups excluding carboxylic acids is 1. The lowest BCUT2D eigenvalue weighted by atomic mass is 10.0. The van der Waals surface area contributed by atoms with E-state index in [4.69, 9.17) is 9.47 Å². The van der Waals surface area contributed by atoms with Crippen molar-refractivity contribution in [1.82, 2.24) is 5.32 Å². The van der Waals surface area contributed by atoms with Crippen LogP contribution in [0.5, 0.6) is 11.5 Å². The van der Waals surface area contributed by atoms with E-state index in [1.165, 1.54) is 5.56 Å². The summed E-state index contributed by atoms with van der Waals surface area (Å²) in [7, 11) is 1.58. The summed E-state index contributed by atoms with van der Waals surface area (Å²) in [6.45, 7) is 2.94. The molecule has 0 aliphatic heterocycles. The van der Waals surface area contributed by atoms with Gasteiger partial charge in [-0.3, -0.25) is 4.79 Å². The van der Waals surface area contributed by atoms with Crippen LogP contribution in [0.15, 0.2) is 84.9 Å². The predicted octanol–water partition coefficient (Wildman–Crippen LogP) is 5.67. The van der Waals surface area contributed by atoms with Crippen LogP contribution in [0.1, 0.15) is 27.0 Å². The molecule has 0 aromatic heterocycles. The second-order valence-electron chi connectivity index (χ2n) is 7.46. The number of hydrogen-bond donors (Lipinski definition) is 1. The van der Waals surface area contributed by atoms with Gasteiger partial charge in [-0.25, -0.2) is 0 Å². The van der Waals surface area contributed by atoms with E-state index in [2.05, 4.69) is 42.6 Å². The molecule has 0 unspecified atom stereocenters. The molecule has 4 heteroatoms. The molecule has 4 aromatic rings. The second kappa shape index (κ2) is 9.35. The molecule has 0 bridgehead atoms. The standard InChI is InChI=1S/C27H25NO3/c1-19-10-12-20(13-11-19)18-31-25-15-14-22(16-26(25)30-2)27(29)28-17-23-8-5-7-21-6-3-4-9-24(21)23/h3-16H,17-18H2,1-2H3,(H,28,29). The van der Waals surface area contributed by atoms with Gasteiger partial charge in [-0.2, -0.15) is 0 Å².